The molecule has 298 valence electrons. The van der Waals surface area contributed by atoms with Crippen molar-refractivity contribution in [1.82, 2.24) is 40.4 Å². The molecule has 14 nitrogen and oxygen atoms in total. The third kappa shape index (κ3) is 10.7. The molecular formula is C38H56Cl2N8O6. The lowest BCUT2D eigenvalue weighted by Crippen LogP contribution is -2.51. The van der Waals surface area contributed by atoms with Crippen molar-refractivity contribution in [1.29, 1.82) is 0 Å². The van der Waals surface area contributed by atoms with Gasteiger partial charge >= 0.3 is 12.2 Å². The lowest BCUT2D eigenvalue weighted by molar-refractivity contribution is -0.136. The molecule has 0 radical (unpaired) electrons. The van der Waals surface area contributed by atoms with Gasteiger partial charge in [-0.1, -0.05) is 52.0 Å². The number of benzene rings is 1. The number of ether oxygens (including phenoxy) is 2. The zero-order chi connectivity index (χ0) is 37.4. The van der Waals surface area contributed by atoms with Gasteiger partial charge in [-0.25, -0.2) is 19.6 Å². The Balaban J connectivity index is 0.00000392. The number of nitrogens with zero attached hydrogens (tertiary/aromatic N) is 4. The average Bonchev–Trinajstić information content (AvgIpc) is 3.97. The number of halogens is 2. The fourth-order valence-corrected chi connectivity index (χ4v) is 7.21. The number of carbonyl (C=O) groups is 4. The van der Waals surface area contributed by atoms with Gasteiger partial charge in [0.15, 0.2) is 0 Å². The Morgan fingerprint density at radius 2 is 1.22 bits per heavy atom. The van der Waals surface area contributed by atoms with Crippen LogP contribution in [0.15, 0.2) is 36.7 Å². The minimum Gasteiger partial charge on any atom is -0.453 e. The number of imidazole rings is 2. The number of hydrogen-bond acceptors (Lipinski definition) is 8. The van der Waals surface area contributed by atoms with Crippen LogP contribution in [0.4, 0.5) is 9.59 Å². The topological polar surface area (TPSA) is 175 Å². The van der Waals surface area contributed by atoms with Gasteiger partial charge in [0, 0.05) is 25.0 Å². The second-order valence-electron chi connectivity index (χ2n) is 14.5. The van der Waals surface area contributed by atoms with Crippen LogP contribution in [0.3, 0.4) is 0 Å². The second kappa shape index (κ2) is 20.4. The van der Waals surface area contributed by atoms with Gasteiger partial charge in [0.1, 0.15) is 23.7 Å². The van der Waals surface area contributed by atoms with Gasteiger partial charge in [-0.3, -0.25) is 9.59 Å². The maximum Gasteiger partial charge on any atom is 0.407 e. The van der Waals surface area contributed by atoms with Crippen LogP contribution in [0, 0.1) is 11.8 Å². The predicted octanol–water partition coefficient (Wildman–Crippen LogP) is 6.30. The molecule has 5 rings (SSSR count). The van der Waals surface area contributed by atoms with Gasteiger partial charge in [0.05, 0.1) is 38.2 Å². The van der Waals surface area contributed by atoms with Crippen molar-refractivity contribution >= 4 is 48.8 Å². The summed E-state index contributed by atoms with van der Waals surface area (Å²) in [7, 11) is 2.59. The lowest BCUT2D eigenvalue weighted by Gasteiger charge is -2.30. The molecule has 0 aliphatic carbocycles. The number of hydrogen-bond donors (Lipinski definition) is 4. The van der Waals surface area contributed by atoms with Crippen molar-refractivity contribution in [3.05, 3.63) is 59.6 Å². The number of rotatable bonds is 14. The summed E-state index contributed by atoms with van der Waals surface area (Å²) < 4.78 is 9.48. The highest BCUT2D eigenvalue weighted by Crippen LogP contribution is 2.34. The van der Waals surface area contributed by atoms with E-state index in [4.69, 9.17) is 9.47 Å². The molecule has 4 heterocycles. The molecule has 2 saturated heterocycles. The van der Waals surface area contributed by atoms with Gasteiger partial charge in [-0.15, -0.1) is 24.8 Å². The molecule has 2 fully saturated rings. The minimum absolute atomic E-state index is 0. The van der Waals surface area contributed by atoms with Crippen LogP contribution in [0.25, 0.3) is 11.3 Å². The van der Waals surface area contributed by atoms with Gasteiger partial charge < -0.3 is 39.9 Å². The highest BCUT2D eigenvalue weighted by atomic mass is 35.5. The summed E-state index contributed by atoms with van der Waals surface area (Å²) in [6.45, 7) is 8.86. The van der Waals surface area contributed by atoms with E-state index in [9.17, 15) is 19.2 Å². The van der Waals surface area contributed by atoms with E-state index in [-0.39, 0.29) is 60.5 Å². The first-order valence-electron chi connectivity index (χ1n) is 18.5. The van der Waals surface area contributed by atoms with Crippen LogP contribution >= 0.6 is 24.8 Å². The Hall–Kier alpha value is -4.30. The minimum atomic E-state index is -0.672. The Bertz CT molecular complexity index is 1680. The maximum absolute atomic E-state index is 13.5. The first kappa shape index (κ1) is 44.1. The van der Waals surface area contributed by atoms with E-state index in [2.05, 4.69) is 54.8 Å². The SMILES string of the molecule is COC(=O)N[C@H](C(=O)N1CCC[C@H]1c1ncc(CCCCc2ccc(-c3cnc([C@@H]4CCCN4C(=O)[C@@H](NC(=O)OC)C(C)C)[nH]3)cc2)[nH]1)C(C)C.Cl.Cl. The highest BCUT2D eigenvalue weighted by Gasteiger charge is 2.39. The largest absolute Gasteiger partial charge is 0.453 e. The molecule has 2 aliphatic rings. The van der Waals surface area contributed by atoms with E-state index in [0.29, 0.717) is 13.1 Å². The number of amides is 4. The first-order valence-corrected chi connectivity index (χ1v) is 18.5. The molecule has 4 amide bonds. The molecule has 0 bridgehead atoms. The zero-order valence-corrected chi connectivity index (χ0v) is 33.7. The Morgan fingerprint density at radius 1 is 0.741 bits per heavy atom. The lowest BCUT2D eigenvalue weighted by atomic mass is 10.0. The van der Waals surface area contributed by atoms with E-state index < -0.39 is 24.3 Å². The third-order valence-electron chi connectivity index (χ3n) is 10.2. The van der Waals surface area contributed by atoms with Crippen LogP contribution in [0.5, 0.6) is 0 Å². The van der Waals surface area contributed by atoms with Crippen molar-refractivity contribution in [2.24, 2.45) is 11.8 Å². The van der Waals surface area contributed by atoms with E-state index in [1.165, 1.54) is 19.8 Å². The van der Waals surface area contributed by atoms with Crippen LogP contribution in [0.1, 0.15) is 101 Å². The molecule has 0 saturated carbocycles. The smallest absolute Gasteiger partial charge is 0.407 e. The molecule has 4 atom stereocenters. The molecule has 2 aromatic heterocycles. The summed E-state index contributed by atoms with van der Waals surface area (Å²) in [6, 6.07) is 6.83. The van der Waals surface area contributed by atoms with Crippen LogP contribution in [-0.2, 0) is 31.9 Å². The Labute approximate surface area is 330 Å². The number of likely N-dealkylation sites (tertiary alicyclic amines) is 2. The summed E-state index contributed by atoms with van der Waals surface area (Å²) in [5, 5.41) is 5.39. The van der Waals surface area contributed by atoms with Crippen LogP contribution < -0.4 is 10.6 Å². The zero-order valence-electron chi connectivity index (χ0n) is 32.1. The number of unbranched alkanes of at least 4 members (excludes halogenated alkanes) is 1. The molecule has 1 aromatic carbocycles. The third-order valence-corrected chi connectivity index (χ3v) is 10.2. The van der Waals surface area contributed by atoms with Gasteiger partial charge in [-0.2, -0.15) is 0 Å². The molecule has 54 heavy (non-hydrogen) atoms. The number of H-pyrrole nitrogens is 2. The summed E-state index contributed by atoms with van der Waals surface area (Å²) in [4.78, 5) is 70.5. The van der Waals surface area contributed by atoms with Crippen LogP contribution in [-0.4, -0.2) is 93.1 Å². The number of methoxy groups -OCH3 is 2. The predicted molar refractivity (Wildman–Crippen MR) is 209 cm³/mol. The summed E-state index contributed by atoms with van der Waals surface area (Å²) in [5.41, 5.74) is 4.22. The standard InChI is InChI=1S/C38H54N8O6.2ClH/c1-23(2)31(43-37(49)51-5)35(47)45-19-9-13-29(45)33-39-21-27(41-33)12-8-7-11-25-15-17-26(18-16-25)28-22-40-34(42-28)30-14-10-20-46(30)36(48)32(24(3)4)44-38(50)52-6;;/h15-18,21-24,29-32H,7-14,19-20H2,1-6H3,(H,39,41)(H,40,42)(H,43,49)(H,44,50);2*1H/t29-,30-,31-,32-;;/m0../s1. The molecule has 2 aliphatic heterocycles. The number of alkyl carbamates (subject to hydrolysis) is 2. The average molecular weight is 792 g/mol. The Kier molecular flexibility index (Phi) is 16.7. The first-order chi connectivity index (χ1) is 25.0. The maximum atomic E-state index is 13.5. The number of aromatic amines is 2. The van der Waals surface area contributed by atoms with Crippen molar-refractivity contribution < 1.29 is 28.7 Å². The molecule has 0 unspecified atom stereocenters. The number of nitrogens with one attached hydrogen (secondary N) is 4. The molecule has 0 spiro atoms. The van der Waals surface area contributed by atoms with Crippen molar-refractivity contribution in [2.75, 3.05) is 27.3 Å². The number of carbonyl (C=O) groups excluding carboxylic acids is 4. The number of aromatic nitrogens is 4. The summed E-state index contributed by atoms with van der Waals surface area (Å²) >= 11 is 0. The molecule has 3 aromatic rings. The van der Waals surface area contributed by atoms with E-state index in [1.807, 2.05) is 49.9 Å². The summed E-state index contributed by atoms with van der Waals surface area (Å²) in [6.07, 6.45) is 9.64. The van der Waals surface area contributed by atoms with Crippen molar-refractivity contribution in [3.63, 3.8) is 0 Å². The van der Waals surface area contributed by atoms with E-state index >= 15 is 0 Å². The highest BCUT2D eigenvalue weighted by molar-refractivity contribution is 5.87. The molecular weight excluding hydrogens is 735 g/mol. The van der Waals surface area contributed by atoms with E-state index in [0.717, 1.165) is 80.0 Å². The quantitative estimate of drug-likeness (QED) is 0.138. The van der Waals surface area contributed by atoms with Gasteiger partial charge in [0.25, 0.3) is 0 Å². The van der Waals surface area contributed by atoms with Gasteiger partial charge in [-0.05, 0) is 74.3 Å². The molecule has 4 N–H and O–H groups in total. The van der Waals surface area contributed by atoms with E-state index in [1.54, 1.807) is 0 Å². The fraction of sp³-hybridized carbons (Fsp3) is 0.579. The summed E-state index contributed by atoms with van der Waals surface area (Å²) in [5.74, 6) is 1.13. The molecule has 16 heteroatoms. The normalized spacial score (nSPS) is 17.8. The Morgan fingerprint density at radius 3 is 1.72 bits per heavy atom. The van der Waals surface area contributed by atoms with Crippen molar-refractivity contribution in [2.45, 2.75) is 103 Å². The van der Waals surface area contributed by atoms with Crippen LogP contribution in [0.2, 0.25) is 0 Å². The monoisotopic (exact) mass is 790 g/mol. The van der Waals surface area contributed by atoms with Crippen molar-refractivity contribution in [3.8, 4) is 11.3 Å². The number of aryl methyl sites for hydroxylation is 2. The fourth-order valence-electron chi connectivity index (χ4n) is 7.21. The van der Waals surface area contributed by atoms with Gasteiger partial charge in [0.2, 0.25) is 11.8 Å². The second-order valence-corrected chi connectivity index (χ2v) is 14.5.